The Balaban J connectivity index is 1.50. The van der Waals surface area contributed by atoms with Gasteiger partial charge in [-0.05, 0) is 68.5 Å². The lowest BCUT2D eigenvalue weighted by Crippen LogP contribution is -2.48. The molecule has 1 atom stereocenters. The van der Waals surface area contributed by atoms with E-state index < -0.39 is 0 Å². The molecule has 1 aromatic carbocycles. The van der Waals surface area contributed by atoms with Crippen molar-refractivity contribution in [2.24, 2.45) is 0 Å². The number of amides is 1. The summed E-state index contributed by atoms with van der Waals surface area (Å²) in [4.78, 5) is 18.9. The van der Waals surface area contributed by atoms with Crippen LogP contribution in [0, 0.1) is 20.8 Å². The number of ether oxygens (including phenoxy) is 1. The number of carbonyl (C=O) groups is 1. The van der Waals surface area contributed by atoms with Crippen molar-refractivity contribution >= 4 is 5.91 Å². The summed E-state index contributed by atoms with van der Waals surface area (Å²) in [7, 11) is 0. The molecular weight excluding hydrogens is 338 g/mol. The molecule has 0 bridgehead atoms. The number of aryl methyl sites for hydroxylation is 2. The van der Waals surface area contributed by atoms with Gasteiger partial charge in [-0.2, -0.15) is 0 Å². The van der Waals surface area contributed by atoms with Crippen LogP contribution in [0.15, 0.2) is 36.7 Å². The first-order valence-corrected chi connectivity index (χ1v) is 9.63. The van der Waals surface area contributed by atoms with Crippen LogP contribution < -0.4 is 10.1 Å². The van der Waals surface area contributed by atoms with Crippen molar-refractivity contribution in [3.8, 4) is 5.75 Å². The molecule has 1 N–H and O–H groups in total. The minimum Gasteiger partial charge on any atom is -0.483 e. The summed E-state index contributed by atoms with van der Waals surface area (Å²) in [5.41, 5.74) is 4.54. The number of pyridine rings is 1. The molecule has 5 nitrogen and oxygen atoms in total. The van der Waals surface area contributed by atoms with Crippen LogP contribution in [0.1, 0.15) is 35.1 Å². The smallest absolute Gasteiger partial charge is 0.258 e. The number of carbonyl (C=O) groups excluding carboxylic acids is 1. The van der Waals surface area contributed by atoms with Crippen LogP contribution >= 0.6 is 0 Å². The molecule has 1 aliphatic rings. The molecule has 1 saturated heterocycles. The van der Waals surface area contributed by atoms with Gasteiger partial charge >= 0.3 is 0 Å². The molecule has 2 aromatic rings. The normalized spacial score (nSPS) is 17.5. The van der Waals surface area contributed by atoms with Gasteiger partial charge in [-0.25, -0.2) is 0 Å². The Hall–Kier alpha value is -2.40. The summed E-state index contributed by atoms with van der Waals surface area (Å²) >= 11 is 0. The Morgan fingerprint density at radius 3 is 2.85 bits per heavy atom. The lowest BCUT2D eigenvalue weighted by atomic mass is 10.0. The number of nitrogens with zero attached hydrogens (tertiary/aromatic N) is 2. The fourth-order valence-electron chi connectivity index (χ4n) is 3.62. The molecule has 0 spiro atoms. The highest BCUT2D eigenvalue weighted by Crippen LogP contribution is 2.25. The van der Waals surface area contributed by atoms with Gasteiger partial charge < -0.3 is 10.1 Å². The van der Waals surface area contributed by atoms with Gasteiger partial charge in [0.25, 0.3) is 5.91 Å². The average Bonchev–Trinajstić information content (AvgIpc) is 2.66. The Morgan fingerprint density at radius 1 is 1.26 bits per heavy atom. The predicted octanol–water partition coefficient (Wildman–Crippen LogP) is 3.17. The number of rotatable bonds is 6. The van der Waals surface area contributed by atoms with Gasteiger partial charge in [0.15, 0.2) is 6.61 Å². The monoisotopic (exact) mass is 367 g/mol. The van der Waals surface area contributed by atoms with Gasteiger partial charge in [0.1, 0.15) is 5.75 Å². The van der Waals surface area contributed by atoms with Crippen LogP contribution in [0.3, 0.4) is 0 Å². The Kier molecular flexibility index (Phi) is 6.45. The van der Waals surface area contributed by atoms with Gasteiger partial charge in [0.2, 0.25) is 0 Å². The molecule has 1 unspecified atom stereocenters. The molecule has 144 valence electrons. The third kappa shape index (κ3) is 5.30. The zero-order valence-electron chi connectivity index (χ0n) is 16.5. The van der Waals surface area contributed by atoms with Crippen LogP contribution in [-0.2, 0) is 11.3 Å². The van der Waals surface area contributed by atoms with E-state index in [1.54, 1.807) is 6.20 Å². The van der Waals surface area contributed by atoms with Crippen molar-refractivity contribution in [1.82, 2.24) is 15.2 Å². The Bertz CT molecular complexity index is 777. The minimum absolute atomic E-state index is 0.0523. The van der Waals surface area contributed by atoms with Crippen LogP contribution in [0.25, 0.3) is 0 Å². The first-order chi connectivity index (χ1) is 13.0. The van der Waals surface area contributed by atoms with Crippen LogP contribution in [0.4, 0.5) is 0 Å². The standard InChI is InChI=1S/C22H29N3O2/c1-16-8-9-17(2)22(18(16)3)27-15-21(26)24-20-7-5-11-25(14-20)13-19-6-4-10-23-12-19/h4,6,8-10,12,20H,5,7,11,13-15H2,1-3H3,(H,24,26). The van der Waals surface area contributed by atoms with E-state index in [0.717, 1.165) is 49.4 Å². The molecule has 5 heteroatoms. The quantitative estimate of drug-likeness (QED) is 0.852. The minimum atomic E-state index is -0.0523. The number of piperidine rings is 1. The lowest BCUT2D eigenvalue weighted by molar-refractivity contribution is -0.124. The second kappa shape index (κ2) is 9.00. The third-order valence-corrected chi connectivity index (χ3v) is 5.22. The van der Waals surface area contributed by atoms with Gasteiger partial charge in [-0.3, -0.25) is 14.7 Å². The highest BCUT2D eigenvalue weighted by atomic mass is 16.5. The first kappa shape index (κ1) is 19.4. The summed E-state index contributed by atoms with van der Waals surface area (Å²) in [5, 5.41) is 3.14. The molecule has 0 radical (unpaired) electrons. The number of benzene rings is 1. The molecule has 1 aliphatic heterocycles. The van der Waals surface area contributed by atoms with E-state index in [-0.39, 0.29) is 18.6 Å². The zero-order valence-corrected chi connectivity index (χ0v) is 16.5. The van der Waals surface area contributed by atoms with Crippen LogP contribution in [0.2, 0.25) is 0 Å². The third-order valence-electron chi connectivity index (χ3n) is 5.22. The summed E-state index contributed by atoms with van der Waals surface area (Å²) in [6.45, 7) is 8.95. The van der Waals surface area contributed by atoms with Gasteiger partial charge in [-0.15, -0.1) is 0 Å². The molecular formula is C22H29N3O2. The van der Waals surface area contributed by atoms with Crippen molar-refractivity contribution in [1.29, 1.82) is 0 Å². The average molecular weight is 367 g/mol. The van der Waals surface area contributed by atoms with E-state index in [1.165, 1.54) is 11.1 Å². The summed E-state index contributed by atoms with van der Waals surface area (Å²) < 4.78 is 5.84. The highest BCUT2D eigenvalue weighted by molar-refractivity contribution is 5.78. The van der Waals surface area contributed by atoms with E-state index in [4.69, 9.17) is 4.74 Å². The Morgan fingerprint density at radius 2 is 2.07 bits per heavy atom. The van der Waals surface area contributed by atoms with E-state index in [1.807, 2.05) is 32.2 Å². The van der Waals surface area contributed by atoms with Crippen LogP contribution in [0.5, 0.6) is 5.75 Å². The van der Waals surface area contributed by atoms with E-state index in [9.17, 15) is 4.79 Å². The van der Waals surface area contributed by atoms with E-state index in [2.05, 4.69) is 34.3 Å². The molecule has 27 heavy (non-hydrogen) atoms. The number of likely N-dealkylation sites (tertiary alicyclic amines) is 1. The second-order valence-electron chi connectivity index (χ2n) is 7.45. The maximum Gasteiger partial charge on any atom is 0.258 e. The SMILES string of the molecule is Cc1ccc(C)c(OCC(=O)NC2CCCN(Cc3cccnc3)C2)c1C. The number of hydrogen-bond acceptors (Lipinski definition) is 4. The van der Waals surface area contributed by atoms with Gasteiger partial charge in [0, 0.05) is 31.5 Å². The summed E-state index contributed by atoms with van der Waals surface area (Å²) in [6.07, 6.45) is 5.79. The van der Waals surface area contributed by atoms with Crippen LogP contribution in [-0.4, -0.2) is 41.5 Å². The number of aromatic nitrogens is 1. The van der Waals surface area contributed by atoms with Crippen molar-refractivity contribution in [3.63, 3.8) is 0 Å². The van der Waals surface area contributed by atoms with Gasteiger partial charge in [0.05, 0.1) is 0 Å². The molecule has 3 rings (SSSR count). The van der Waals surface area contributed by atoms with Gasteiger partial charge in [-0.1, -0.05) is 18.2 Å². The fraction of sp³-hybridized carbons (Fsp3) is 0.455. The maximum absolute atomic E-state index is 12.4. The predicted molar refractivity (Wildman–Crippen MR) is 107 cm³/mol. The molecule has 1 fully saturated rings. The summed E-state index contributed by atoms with van der Waals surface area (Å²) in [6, 6.07) is 8.34. The molecule has 0 aliphatic carbocycles. The summed E-state index contributed by atoms with van der Waals surface area (Å²) in [5.74, 6) is 0.774. The second-order valence-corrected chi connectivity index (χ2v) is 7.45. The van der Waals surface area contributed by atoms with Crippen molar-refractivity contribution in [2.45, 2.75) is 46.2 Å². The van der Waals surface area contributed by atoms with Crippen molar-refractivity contribution in [3.05, 3.63) is 58.9 Å². The van der Waals surface area contributed by atoms with E-state index in [0.29, 0.717) is 0 Å². The molecule has 2 heterocycles. The lowest BCUT2D eigenvalue weighted by Gasteiger charge is -2.33. The molecule has 1 aromatic heterocycles. The molecule has 1 amide bonds. The largest absolute Gasteiger partial charge is 0.483 e. The maximum atomic E-state index is 12.4. The topological polar surface area (TPSA) is 54.5 Å². The number of hydrogen-bond donors (Lipinski definition) is 1. The fourth-order valence-corrected chi connectivity index (χ4v) is 3.62. The zero-order chi connectivity index (χ0) is 19.2. The molecule has 0 saturated carbocycles. The van der Waals surface area contributed by atoms with Crippen molar-refractivity contribution in [2.75, 3.05) is 19.7 Å². The highest BCUT2D eigenvalue weighted by Gasteiger charge is 2.22. The number of nitrogens with one attached hydrogen (secondary N) is 1. The Labute approximate surface area is 161 Å². The first-order valence-electron chi connectivity index (χ1n) is 9.63. The van der Waals surface area contributed by atoms with E-state index >= 15 is 0 Å². The van der Waals surface area contributed by atoms with Crippen molar-refractivity contribution < 1.29 is 9.53 Å².